The van der Waals surface area contributed by atoms with Crippen molar-refractivity contribution in [1.29, 1.82) is 0 Å². The smallest absolute Gasteiger partial charge is 0.311 e. The van der Waals surface area contributed by atoms with E-state index in [2.05, 4.69) is 0 Å². The third-order valence-corrected chi connectivity index (χ3v) is 5.36. The normalized spacial score (nSPS) is 19.1. The molecule has 0 radical (unpaired) electrons. The zero-order valence-electron chi connectivity index (χ0n) is 16.5. The lowest BCUT2D eigenvalue weighted by Crippen LogP contribution is -2.40. The lowest BCUT2D eigenvalue weighted by atomic mass is 9.82. The SMILES string of the molecule is CC(C)(C)OC(=O)C(CC1CCCCC1)CN1C(=O)c2ccccc2C1=O. The van der Waals surface area contributed by atoms with Crippen molar-refractivity contribution in [2.45, 2.75) is 64.9 Å². The van der Waals surface area contributed by atoms with Crippen LogP contribution >= 0.6 is 0 Å². The van der Waals surface area contributed by atoms with Crippen LogP contribution in [0.2, 0.25) is 0 Å². The molecule has 0 aromatic heterocycles. The van der Waals surface area contributed by atoms with Crippen LogP contribution in [0.5, 0.6) is 0 Å². The highest BCUT2D eigenvalue weighted by molar-refractivity contribution is 6.21. The van der Waals surface area contributed by atoms with Gasteiger partial charge in [-0.05, 0) is 45.2 Å². The van der Waals surface area contributed by atoms with E-state index in [1.807, 2.05) is 20.8 Å². The fourth-order valence-electron chi connectivity index (χ4n) is 4.08. The second-order valence-corrected chi connectivity index (χ2v) is 8.74. The minimum absolute atomic E-state index is 0.0950. The van der Waals surface area contributed by atoms with Gasteiger partial charge in [0.25, 0.3) is 11.8 Å². The predicted molar refractivity (Wildman–Crippen MR) is 102 cm³/mol. The number of carbonyl (C=O) groups is 3. The molecular formula is C22H29NO4. The molecule has 0 N–H and O–H groups in total. The molecule has 3 rings (SSSR count). The fraction of sp³-hybridized carbons (Fsp3) is 0.591. The maximum atomic E-state index is 12.8. The maximum Gasteiger partial charge on any atom is 0.311 e. The third-order valence-electron chi connectivity index (χ3n) is 5.36. The Kier molecular flexibility index (Phi) is 5.68. The molecule has 146 valence electrons. The number of esters is 1. The Morgan fingerprint density at radius 3 is 2.15 bits per heavy atom. The van der Waals surface area contributed by atoms with E-state index in [1.54, 1.807) is 24.3 Å². The Balaban J connectivity index is 1.77. The van der Waals surface area contributed by atoms with Crippen LogP contribution in [0.1, 0.15) is 80.0 Å². The van der Waals surface area contributed by atoms with Crippen molar-refractivity contribution in [2.24, 2.45) is 11.8 Å². The number of fused-ring (bicyclic) bond motifs is 1. The third kappa shape index (κ3) is 4.57. The van der Waals surface area contributed by atoms with Crippen LogP contribution in [-0.4, -0.2) is 34.8 Å². The number of nitrogens with zero attached hydrogens (tertiary/aromatic N) is 1. The van der Waals surface area contributed by atoms with Gasteiger partial charge in [-0.3, -0.25) is 19.3 Å². The first kappa shape index (κ1) is 19.6. The monoisotopic (exact) mass is 371 g/mol. The van der Waals surface area contributed by atoms with Gasteiger partial charge in [0.1, 0.15) is 5.60 Å². The van der Waals surface area contributed by atoms with Crippen LogP contribution in [0.15, 0.2) is 24.3 Å². The number of hydrogen-bond acceptors (Lipinski definition) is 4. The molecule has 27 heavy (non-hydrogen) atoms. The molecule has 2 amide bonds. The summed E-state index contributed by atoms with van der Waals surface area (Å²) in [5.41, 5.74) is 0.246. The van der Waals surface area contributed by atoms with Crippen LogP contribution in [0.25, 0.3) is 0 Å². The predicted octanol–water partition coefficient (Wildman–Crippen LogP) is 4.21. The summed E-state index contributed by atoms with van der Waals surface area (Å²) < 4.78 is 5.61. The van der Waals surface area contributed by atoms with E-state index >= 15 is 0 Å². The van der Waals surface area contributed by atoms with Gasteiger partial charge >= 0.3 is 5.97 Å². The van der Waals surface area contributed by atoms with Crippen molar-refractivity contribution in [2.75, 3.05) is 6.54 Å². The number of imide groups is 1. The van der Waals surface area contributed by atoms with E-state index in [1.165, 1.54) is 24.2 Å². The topological polar surface area (TPSA) is 63.7 Å². The van der Waals surface area contributed by atoms with Crippen LogP contribution in [0, 0.1) is 11.8 Å². The van der Waals surface area contributed by atoms with E-state index in [4.69, 9.17) is 4.74 Å². The Labute approximate surface area is 161 Å². The lowest BCUT2D eigenvalue weighted by molar-refractivity contribution is -0.161. The zero-order valence-corrected chi connectivity index (χ0v) is 16.5. The summed E-state index contributed by atoms with van der Waals surface area (Å²) in [5, 5.41) is 0. The van der Waals surface area contributed by atoms with Gasteiger partial charge < -0.3 is 4.74 Å². The molecule has 1 saturated carbocycles. The molecule has 0 saturated heterocycles. The summed E-state index contributed by atoms with van der Waals surface area (Å²) in [5.74, 6) is -0.966. The Morgan fingerprint density at radius 2 is 1.63 bits per heavy atom. The van der Waals surface area contributed by atoms with Crippen LogP contribution in [0.4, 0.5) is 0 Å². The van der Waals surface area contributed by atoms with Crippen molar-refractivity contribution in [3.63, 3.8) is 0 Å². The highest BCUT2D eigenvalue weighted by Crippen LogP contribution is 2.32. The molecule has 1 fully saturated rings. The summed E-state index contributed by atoms with van der Waals surface area (Å²) in [4.78, 5) is 39.5. The molecule has 1 atom stereocenters. The first-order valence-corrected chi connectivity index (χ1v) is 9.94. The summed E-state index contributed by atoms with van der Waals surface area (Å²) in [6, 6.07) is 6.83. The van der Waals surface area contributed by atoms with Crippen molar-refractivity contribution < 1.29 is 19.1 Å². The van der Waals surface area contributed by atoms with Gasteiger partial charge in [0.15, 0.2) is 0 Å². The molecule has 0 spiro atoms. The minimum Gasteiger partial charge on any atom is -0.460 e. The van der Waals surface area contributed by atoms with Crippen LogP contribution in [0.3, 0.4) is 0 Å². The number of carbonyl (C=O) groups excluding carboxylic acids is 3. The Morgan fingerprint density at radius 1 is 1.07 bits per heavy atom. The van der Waals surface area contributed by atoms with E-state index < -0.39 is 11.5 Å². The summed E-state index contributed by atoms with van der Waals surface area (Å²) >= 11 is 0. The molecule has 0 bridgehead atoms. The van der Waals surface area contributed by atoms with Crippen molar-refractivity contribution in [1.82, 2.24) is 4.90 Å². The molecule has 1 aromatic rings. The molecule has 1 heterocycles. The van der Waals surface area contributed by atoms with Gasteiger partial charge in [0, 0.05) is 6.54 Å². The molecule has 5 heteroatoms. The average molecular weight is 371 g/mol. The van der Waals surface area contributed by atoms with E-state index in [-0.39, 0.29) is 24.3 Å². The highest BCUT2D eigenvalue weighted by Gasteiger charge is 2.39. The largest absolute Gasteiger partial charge is 0.460 e. The fourth-order valence-corrected chi connectivity index (χ4v) is 4.08. The van der Waals surface area contributed by atoms with Gasteiger partial charge in [-0.25, -0.2) is 0 Å². The molecule has 1 aliphatic heterocycles. The molecule has 1 unspecified atom stereocenters. The number of rotatable bonds is 5. The Hall–Kier alpha value is -2.17. The first-order chi connectivity index (χ1) is 12.8. The van der Waals surface area contributed by atoms with Crippen molar-refractivity contribution in [3.8, 4) is 0 Å². The van der Waals surface area contributed by atoms with Gasteiger partial charge in [-0.2, -0.15) is 0 Å². The number of benzene rings is 1. The van der Waals surface area contributed by atoms with E-state index in [0.717, 1.165) is 12.8 Å². The summed E-state index contributed by atoms with van der Waals surface area (Å²) in [6.07, 6.45) is 6.47. The van der Waals surface area contributed by atoms with Crippen LogP contribution in [-0.2, 0) is 9.53 Å². The molecular weight excluding hydrogens is 342 g/mol. The highest BCUT2D eigenvalue weighted by atomic mass is 16.6. The zero-order chi connectivity index (χ0) is 19.6. The van der Waals surface area contributed by atoms with Crippen molar-refractivity contribution >= 4 is 17.8 Å². The summed E-state index contributed by atoms with van der Waals surface area (Å²) in [7, 11) is 0. The molecule has 2 aliphatic rings. The molecule has 1 aliphatic carbocycles. The average Bonchev–Trinajstić information content (AvgIpc) is 2.86. The maximum absolute atomic E-state index is 12.8. The second kappa shape index (κ2) is 7.83. The number of ether oxygens (including phenoxy) is 1. The van der Waals surface area contributed by atoms with Crippen LogP contribution < -0.4 is 0 Å². The van der Waals surface area contributed by atoms with Crippen molar-refractivity contribution in [3.05, 3.63) is 35.4 Å². The summed E-state index contributed by atoms with van der Waals surface area (Å²) in [6.45, 7) is 5.61. The quantitative estimate of drug-likeness (QED) is 0.574. The number of amides is 2. The first-order valence-electron chi connectivity index (χ1n) is 9.94. The van der Waals surface area contributed by atoms with Gasteiger partial charge in [0.05, 0.1) is 17.0 Å². The standard InChI is InChI=1S/C22H29NO4/c1-22(2,3)27-21(26)16(13-15-9-5-4-6-10-15)14-23-19(24)17-11-7-8-12-18(17)20(23)25/h7-8,11-12,15-16H,4-6,9-10,13-14H2,1-3H3. The van der Waals surface area contributed by atoms with Gasteiger partial charge in [0.2, 0.25) is 0 Å². The minimum atomic E-state index is -0.593. The number of hydrogen-bond donors (Lipinski definition) is 0. The van der Waals surface area contributed by atoms with E-state index in [0.29, 0.717) is 23.5 Å². The molecule has 1 aromatic carbocycles. The van der Waals surface area contributed by atoms with E-state index in [9.17, 15) is 14.4 Å². The van der Waals surface area contributed by atoms with Gasteiger partial charge in [-0.1, -0.05) is 44.2 Å². The lowest BCUT2D eigenvalue weighted by Gasteiger charge is -2.30. The second-order valence-electron chi connectivity index (χ2n) is 8.74. The Bertz CT molecular complexity index is 693. The molecule has 5 nitrogen and oxygen atoms in total. The van der Waals surface area contributed by atoms with Gasteiger partial charge in [-0.15, -0.1) is 0 Å².